The average molecular weight is 504 g/mol. The van der Waals surface area contributed by atoms with Gasteiger partial charge < -0.3 is 4.74 Å². The van der Waals surface area contributed by atoms with E-state index in [1.807, 2.05) is 6.92 Å². The second-order valence-corrected chi connectivity index (χ2v) is 9.68. The minimum atomic E-state index is -4.17. The minimum Gasteiger partial charge on any atom is -0.495 e. The molecule has 0 unspecified atom stereocenters. The summed E-state index contributed by atoms with van der Waals surface area (Å²) in [5.41, 5.74) is 4.36. The highest BCUT2D eigenvalue weighted by Gasteiger charge is 2.29. The molecule has 0 aliphatic heterocycles. The molecule has 0 saturated heterocycles. The Labute approximate surface area is 202 Å². The van der Waals surface area contributed by atoms with E-state index in [1.54, 1.807) is 25.1 Å². The van der Waals surface area contributed by atoms with Crippen LogP contribution in [0.3, 0.4) is 0 Å². The van der Waals surface area contributed by atoms with Crippen LogP contribution in [-0.2, 0) is 14.8 Å². The number of hydrogen-bond acceptors (Lipinski definition) is 5. The van der Waals surface area contributed by atoms with E-state index in [1.165, 1.54) is 55.6 Å². The van der Waals surface area contributed by atoms with Gasteiger partial charge in [-0.15, -0.1) is 0 Å². The van der Waals surface area contributed by atoms with Gasteiger partial charge in [0.2, 0.25) is 0 Å². The Morgan fingerprint density at radius 3 is 2.35 bits per heavy atom. The van der Waals surface area contributed by atoms with Crippen molar-refractivity contribution < 1.29 is 22.3 Å². The number of methoxy groups -OCH3 is 1. The number of rotatable bonds is 8. The number of anilines is 1. The summed E-state index contributed by atoms with van der Waals surface area (Å²) < 4.78 is 46.4. The van der Waals surface area contributed by atoms with Crippen LogP contribution in [0.2, 0.25) is 5.02 Å². The van der Waals surface area contributed by atoms with Crippen LogP contribution in [0.15, 0.2) is 76.7 Å². The second kappa shape index (κ2) is 10.7. The molecule has 1 amide bonds. The van der Waals surface area contributed by atoms with E-state index >= 15 is 0 Å². The lowest BCUT2D eigenvalue weighted by atomic mass is 10.1. The van der Waals surface area contributed by atoms with Crippen molar-refractivity contribution in [3.63, 3.8) is 0 Å². The molecule has 10 heteroatoms. The lowest BCUT2D eigenvalue weighted by molar-refractivity contribution is -0.119. The van der Waals surface area contributed by atoms with Crippen molar-refractivity contribution in [3.8, 4) is 5.75 Å². The fourth-order valence-electron chi connectivity index (χ4n) is 3.06. The Hall–Kier alpha value is -3.43. The molecule has 0 saturated carbocycles. The van der Waals surface area contributed by atoms with Crippen molar-refractivity contribution in [2.75, 3.05) is 18.0 Å². The van der Waals surface area contributed by atoms with E-state index in [-0.39, 0.29) is 21.4 Å². The van der Waals surface area contributed by atoms with Crippen LogP contribution in [-0.4, -0.2) is 33.7 Å². The molecule has 0 aromatic heterocycles. The molecular weight excluding hydrogens is 481 g/mol. The number of sulfonamides is 1. The molecule has 1 N–H and O–H groups in total. The van der Waals surface area contributed by atoms with Crippen LogP contribution in [0.4, 0.5) is 10.1 Å². The number of benzene rings is 3. The molecular formula is C24H23ClFN3O4S. The number of nitrogens with one attached hydrogen (secondary N) is 1. The largest absolute Gasteiger partial charge is 0.495 e. The third-order valence-corrected chi connectivity index (χ3v) is 6.93. The second-order valence-electron chi connectivity index (χ2n) is 7.38. The number of amides is 1. The number of nitrogens with zero attached hydrogens (tertiary/aromatic N) is 2. The average Bonchev–Trinajstić information content (AvgIpc) is 2.81. The lowest BCUT2D eigenvalue weighted by Crippen LogP contribution is -2.40. The van der Waals surface area contributed by atoms with Gasteiger partial charge in [0.25, 0.3) is 15.9 Å². The van der Waals surface area contributed by atoms with E-state index in [0.29, 0.717) is 11.3 Å². The highest BCUT2D eigenvalue weighted by molar-refractivity contribution is 7.92. The van der Waals surface area contributed by atoms with Crippen molar-refractivity contribution in [1.29, 1.82) is 0 Å². The van der Waals surface area contributed by atoms with Crippen molar-refractivity contribution in [1.82, 2.24) is 5.43 Å². The fourth-order valence-corrected chi connectivity index (χ4v) is 4.65. The summed E-state index contributed by atoms with van der Waals surface area (Å²) in [5.74, 6) is -0.869. The molecule has 0 heterocycles. The topological polar surface area (TPSA) is 88.1 Å². The van der Waals surface area contributed by atoms with Gasteiger partial charge in [0.05, 0.1) is 23.4 Å². The maximum absolute atomic E-state index is 13.5. The summed E-state index contributed by atoms with van der Waals surface area (Å²) in [7, 11) is -2.78. The first-order chi connectivity index (χ1) is 16.1. The normalized spacial score (nSPS) is 11.7. The van der Waals surface area contributed by atoms with E-state index < -0.39 is 28.3 Å². The highest BCUT2D eigenvalue weighted by atomic mass is 35.5. The molecule has 0 fully saturated rings. The number of ether oxygens (including phenoxy) is 1. The summed E-state index contributed by atoms with van der Waals surface area (Å²) in [6.07, 6.45) is 0. The Balaban J connectivity index is 1.95. The molecule has 178 valence electrons. The summed E-state index contributed by atoms with van der Waals surface area (Å²) in [4.78, 5) is 12.8. The first kappa shape index (κ1) is 25.2. The van der Waals surface area contributed by atoms with E-state index in [0.717, 1.165) is 9.87 Å². The molecule has 0 spiro atoms. The molecule has 0 bridgehead atoms. The molecule has 3 aromatic rings. The third kappa shape index (κ3) is 5.92. The SMILES string of the molecule is COc1ccc(Cl)cc1N(CC(=O)N/N=C(/C)c1ccc(F)cc1)S(=O)(=O)c1ccc(C)cc1. The molecule has 34 heavy (non-hydrogen) atoms. The van der Waals surface area contributed by atoms with Gasteiger partial charge in [-0.1, -0.05) is 41.4 Å². The number of hydrazone groups is 1. The quantitative estimate of drug-likeness (QED) is 0.361. The number of carbonyl (C=O) groups is 1. The Morgan fingerprint density at radius 2 is 1.74 bits per heavy atom. The van der Waals surface area contributed by atoms with Crippen molar-refractivity contribution in [3.05, 3.63) is 88.7 Å². The zero-order valence-electron chi connectivity index (χ0n) is 18.7. The van der Waals surface area contributed by atoms with Gasteiger partial charge >= 0.3 is 0 Å². The van der Waals surface area contributed by atoms with Crippen LogP contribution in [0.1, 0.15) is 18.1 Å². The first-order valence-corrected chi connectivity index (χ1v) is 12.0. The summed E-state index contributed by atoms with van der Waals surface area (Å²) in [5, 5.41) is 4.28. The molecule has 3 aromatic carbocycles. The van der Waals surface area contributed by atoms with E-state index in [2.05, 4.69) is 10.5 Å². The summed E-state index contributed by atoms with van der Waals surface area (Å²) >= 11 is 6.13. The van der Waals surface area contributed by atoms with Crippen LogP contribution in [0.25, 0.3) is 0 Å². The predicted octanol–water partition coefficient (Wildman–Crippen LogP) is 4.53. The number of hydrogen-bond donors (Lipinski definition) is 1. The van der Waals surface area contributed by atoms with Crippen LogP contribution in [0.5, 0.6) is 5.75 Å². The molecule has 3 rings (SSSR count). The minimum absolute atomic E-state index is 0.000998. The zero-order valence-corrected chi connectivity index (χ0v) is 20.3. The molecule has 7 nitrogen and oxygen atoms in total. The van der Waals surface area contributed by atoms with Crippen LogP contribution >= 0.6 is 11.6 Å². The van der Waals surface area contributed by atoms with E-state index in [9.17, 15) is 17.6 Å². The predicted molar refractivity (Wildman–Crippen MR) is 130 cm³/mol. The Morgan fingerprint density at radius 1 is 1.09 bits per heavy atom. The molecule has 0 atom stereocenters. The number of halogens is 2. The monoisotopic (exact) mass is 503 g/mol. The zero-order chi connectivity index (χ0) is 24.9. The van der Waals surface area contributed by atoms with Crippen molar-refractivity contribution in [2.45, 2.75) is 18.7 Å². The Bertz CT molecular complexity index is 1310. The van der Waals surface area contributed by atoms with Gasteiger partial charge in [-0.2, -0.15) is 5.10 Å². The lowest BCUT2D eigenvalue weighted by Gasteiger charge is -2.25. The smallest absolute Gasteiger partial charge is 0.264 e. The van der Waals surface area contributed by atoms with Crippen molar-refractivity contribution >= 4 is 38.9 Å². The molecule has 0 aliphatic rings. The van der Waals surface area contributed by atoms with Crippen molar-refractivity contribution in [2.24, 2.45) is 5.10 Å². The van der Waals surface area contributed by atoms with Crippen LogP contribution < -0.4 is 14.5 Å². The highest BCUT2D eigenvalue weighted by Crippen LogP contribution is 2.34. The molecule has 0 aliphatic carbocycles. The van der Waals surface area contributed by atoms with Gasteiger partial charge in [-0.25, -0.2) is 18.2 Å². The summed E-state index contributed by atoms with van der Waals surface area (Å²) in [6.45, 7) is 2.88. The number of carbonyl (C=O) groups excluding carboxylic acids is 1. The standard InChI is InChI=1S/C24H23ClFN3O4S/c1-16-4-11-21(12-5-16)34(31,32)29(22-14-19(25)8-13-23(22)33-3)15-24(30)28-27-17(2)18-6-9-20(26)10-7-18/h4-14H,15H2,1-3H3,(H,28,30)/b27-17-. The van der Waals surface area contributed by atoms with Gasteiger partial charge in [0.1, 0.15) is 18.1 Å². The first-order valence-electron chi connectivity index (χ1n) is 10.1. The Kier molecular flexibility index (Phi) is 7.90. The number of aryl methyl sites for hydroxylation is 1. The van der Waals surface area contributed by atoms with Crippen LogP contribution in [0, 0.1) is 12.7 Å². The molecule has 0 radical (unpaired) electrons. The van der Waals surface area contributed by atoms with Gasteiger partial charge in [-0.05, 0) is 61.9 Å². The van der Waals surface area contributed by atoms with Gasteiger partial charge in [0.15, 0.2) is 0 Å². The maximum Gasteiger partial charge on any atom is 0.264 e. The summed E-state index contributed by atoms with van der Waals surface area (Å²) in [6, 6.07) is 16.3. The van der Waals surface area contributed by atoms with Gasteiger partial charge in [-0.3, -0.25) is 9.10 Å². The fraction of sp³-hybridized carbons (Fsp3) is 0.167. The maximum atomic E-state index is 13.5. The van der Waals surface area contributed by atoms with E-state index in [4.69, 9.17) is 16.3 Å². The van der Waals surface area contributed by atoms with Gasteiger partial charge in [0, 0.05) is 5.02 Å². The third-order valence-electron chi connectivity index (χ3n) is 4.92.